The molecule has 3 N–H and O–H groups in total. The van der Waals surface area contributed by atoms with Crippen LogP contribution in [-0.4, -0.2) is 23.0 Å². The number of phenolic OH excluding ortho intramolecular Hbond substituents is 1. The number of rotatable bonds is 1. The smallest absolute Gasteiger partial charge is 0.328 e. The van der Waals surface area contributed by atoms with Crippen LogP contribution in [0.2, 0.25) is 0 Å². The fourth-order valence-electron chi connectivity index (χ4n) is 1.35. The van der Waals surface area contributed by atoms with Crippen LogP contribution < -0.4 is 10.6 Å². The zero-order valence-corrected chi connectivity index (χ0v) is 9.84. The standard InChI is InChI=1S/C6H8N2O3.C6H6O/c1-2-3-4(9)7-6(11)8-5(3)10;7-6-4-2-1-3-5-6/h3H,2H2,1H3,(H2,7,8,9,10,11);1-5,7H. The minimum atomic E-state index is -0.732. The summed E-state index contributed by atoms with van der Waals surface area (Å²) in [6.07, 6.45) is 0.408. The molecular weight excluding hydrogens is 236 g/mol. The largest absolute Gasteiger partial charge is 0.508 e. The van der Waals surface area contributed by atoms with Crippen molar-refractivity contribution in [2.45, 2.75) is 13.3 Å². The van der Waals surface area contributed by atoms with Gasteiger partial charge in [-0.25, -0.2) is 4.79 Å². The molecule has 0 aliphatic carbocycles. The van der Waals surface area contributed by atoms with Gasteiger partial charge in [0.2, 0.25) is 11.8 Å². The first-order chi connectivity index (χ1) is 8.54. The van der Waals surface area contributed by atoms with Crippen LogP contribution in [0.4, 0.5) is 4.79 Å². The van der Waals surface area contributed by atoms with Crippen LogP contribution in [0.15, 0.2) is 30.3 Å². The van der Waals surface area contributed by atoms with Crippen molar-refractivity contribution in [2.75, 3.05) is 0 Å². The third kappa shape index (κ3) is 3.89. The molecule has 0 aromatic heterocycles. The molecule has 4 amide bonds. The van der Waals surface area contributed by atoms with E-state index in [0.29, 0.717) is 12.2 Å². The fourth-order valence-corrected chi connectivity index (χ4v) is 1.35. The van der Waals surface area contributed by atoms with Gasteiger partial charge in [0.05, 0.1) is 0 Å². The average Bonchev–Trinajstić information content (AvgIpc) is 2.30. The molecule has 2 rings (SSSR count). The first-order valence-corrected chi connectivity index (χ1v) is 5.44. The summed E-state index contributed by atoms with van der Waals surface area (Å²) in [6.45, 7) is 1.71. The van der Waals surface area contributed by atoms with Crippen molar-refractivity contribution in [2.24, 2.45) is 5.92 Å². The third-order valence-corrected chi connectivity index (χ3v) is 2.27. The Labute approximate surface area is 104 Å². The third-order valence-electron chi connectivity index (χ3n) is 2.27. The summed E-state index contributed by atoms with van der Waals surface area (Å²) in [6, 6.07) is 7.98. The lowest BCUT2D eigenvalue weighted by molar-refractivity contribution is -0.135. The Morgan fingerprint density at radius 1 is 1.06 bits per heavy atom. The van der Waals surface area contributed by atoms with Gasteiger partial charge in [0, 0.05) is 0 Å². The molecule has 6 heteroatoms. The van der Waals surface area contributed by atoms with Gasteiger partial charge in [-0.1, -0.05) is 25.1 Å². The minimum absolute atomic E-state index is 0.322. The fraction of sp³-hybridized carbons (Fsp3) is 0.250. The number of carbonyl (C=O) groups excluding carboxylic acids is 3. The highest BCUT2D eigenvalue weighted by Crippen LogP contribution is 2.05. The molecule has 0 bridgehead atoms. The van der Waals surface area contributed by atoms with E-state index in [-0.39, 0.29) is 0 Å². The molecule has 18 heavy (non-hydrogen) atoms. The van der Waals surface area contributed by atoms with Gasteiger partial charge >= 0.3 is 6.03 Å². The summed E-state index contributed by atoms with van der Waals surface area (Å²) >= 11 is 0. The predicted octanol–water partition coefficient (Wildman–Crippen LogP) is 0.771. The summed E-state index contributed by atoms with van der Waals surface area (Å²) in [5, 5.41) is 12.6. The van der Waals surface area contributed by atoms with Crippen LogP contribution in [0.25, 0.3) is 0 Å². The lowest BCUT2D eigenvalue weighted by Crippen LogP contribution is -2.55. The Hall–Kier alpha value is -2.37. The number of hydrogen-bond donors (Lipinski definition) is 3. The van der Waals surface area contributed by atoms with E-state index >= 15 is 0 Å². The molecule has 1 aromatic rings. The number of imide groups is 2. The second-order valence-corrected chi connectivity index (χ2v) is 3.60. The normalized spacial score (nSPS) is 15.3. The van der Waals surface area contributed by atoms with Gasteiger partial charge in [0.15, 0.2) is 0 Å². The van der Waals surface area contributed by atoms with Crippen LogP contribution in [0.5, 0.6) is 5.75 Å². The molecule has 0 atom stereocenters. The minimum Gasteiger partial charge on any atom is -0.508 e. The Morgan fingerprint density at radius 3 is 1.89 bits per heavy atom. The van der Waals surface area contributed by atoms with E-state index in [1.165, 1.54) is 0 Å². The van der Waals surface area contributed by atoms with Crippen LogP contribution >= 0.6 is 0 Å². The highest BCUT2D eigenvalue weighted by atomic mass is 16.3. The SMILES string of the molecule is CCC1C(=O)NC(=O)NC1=O.Oc1ccccc1. The van der Waals surface area contributed by atoms with Gasteiger partial charge in [-0.3, -0.25) is 20.2 Å². The second-order valence-electron chi connectivity index (χ2n) is 3.60. The van der Waals surface area contributed by atoms with E-state index in [9.17, 15) is 14.4 Å². The summed E-state index contributed by atoms with van der Waals surface area (Å²) in [4.78, 5) is 32.2. The van der Waals surface area contributed by atoms with Crippen LogP contribution in [0, 0.1) is 5.92 Å². The maximum Gasteiger partial charge on any atom is 0.328 e. The van der Waals surface area contributed by atoms with Gasteiger partial charge < -0.3 is 5.11 Å². The van der Waals surface area contributed by atoms with Crippen molar-refractivity contribution in [3.8, 4) is 5.75 Å². The monoisotopic (exact) mass is 250 g/mol. The molecule has 1 saturated heterocycles. The summed E-state index contributed by atoms with van der Waals surface area (Å²) < 4.78 is 0. The molecule has 0 saturated carbocycles. The zero-order chi connectivity index (χ0) is 13.5. The number of urea groups is 1. The average molecular weight is 250 g/mol. The first kappa shape index (κ1) is 13.7. The lowest BCUT2D eigenvalue weighted by Gasteiger charge is -2.18. The van der Waals surface area contributed by atoms with Gasteiger partial charge in [-0.15, -0.1) is 0 Å². The van der Waals surface area contributed by atoms with Gasteiger partial charge in [-0.2, -0.15) is 0 Å². The van der Waals surface area contributed by atoms with Crippen molar-refractivity contribution < 1.29 is 19.5 Å². The molecule has 1 aliphatic heterocycles. The number of hydrogen-bond acceptors (Lipinski definition) is 4. The van der Waals surface area contributed by atoms with Crippen LogP contribution in [-0.2, 0) is 9.59 Å². The van der Waals surface area contributed by atoms with E-state index < -0.39 is 23.8 Å². The number of nitrogens with one attached hydrogen (secondary N) is 2. The second kappa shape index (κ2) is 6.39. The highest BCUT2D eigenvalue weighted by Gasteiger charge is 2.32. The number of phenols is 1. The van der Waals surface area contributed by atoms with Crippen LogP contribution in [0.1, 0.15) is 13.3 Å². The predicted molar refractivity (Wildman–Crippen MR) is 63.6 cm³/mol. The van der Waals surface area contributed by atoms with E-state index in [0.717, 1.165) is 0 Å². The van der Waals surface area contributed by atoms with E-state index in [2.05, 4.69) is 0 Å². The Bertz CT molecular complexity index is 425. The maximum absolute atomic E-state index is 10.9. The Morgan fingerprint density at radius 2 is 1.56 bits per heavy atom. The van der Waals surface area contributed by atoms with Crippen molar-refractivity contribution in [3.05, 3.63) is 30.3 Å². The van der Waals surface area contributed by atoms with Gasteiger partial charge in [-0.05, 0) is 18.6 Å². The molecule has 1 heterocycles. The number of aromatic hydroxyl groups is 1. The molecule has 6 nitrogen and oxygen atoms in total. The molecule has 0 unspecified atom stereocenters. The lowest BCUT2D eigenvalue weighted by atomic mass is 10.0. The molecule has 0 spiro atoms. The summed E-state index contributed by atoms with van der Waals surface area (Å²) in [5.74, 6) is -1.42. The number of amides is 4. The molecule has 1 fully saturated rings. The maximum atomic E-state index is 10.9. The quantitative estimate of drug-likeness (QED) is 0.641. The van der Waals surface area contributed by atoms with E-state index in [1.807, 2.05) is 16.7 Å². The number of barbiturate groups is 1. The van der Waals surface area contributed by atoms with Crippen molar-refractivity contribution in [1.29, 1.82) is 0 Å². The number of carbonyl (C=O) groups is 3. The summed E-state index contributed by atoms with van der Waals surface area (Å²) in [7, 11) is 0. The Kier molecular flexibility index (Phi) is 4.86. The molecule has 96 valence electrons. The topological polar surface area (TPSA) is 95.5 Å². The molecular formula is C12H14N2O4. The zero-order valence-electron chi connectivity index (χ0n) is 9.84. The first-order valence-electron chi connectivity index (χ1n) is 5.44. The van der Waals surface area contributed by atoms with Gasteiger partial charge in [0.25, 0.3) is 0 Å². The molecule has 1 aromatic carbocycles. The summed E-state index contributed by atoms with van der Waals surface area (Å²) in [5.41, 5.74) is 0. The Balaban J connectivity index is 0.000000199. The molecule has 1 aliphatic rings. The van der Waals surface area contributed by atoms with Crippen LogP contribution in [0.3, 0.4) is 0 Å². The number of para-hydroxylation sites is 1. The van der Waals surface area contributed by atoms with Gasteiger partial charge in [0.1, 0.15) is 11.7 Å². The van der Waals surface area contributed by atoms with E-state index in [1.54, 1.807) is 31.2 Å². The van der Waals surface area contributed by atoms with Crippen molar-refractivity contribution >= 4 is 17.8 Å². The number of benzene rings is 1. The van der Waals surface area contributed by atoms with E-state index in [4.69, 9.17) is 5.11 Å². The van der Waals surface area contributed by atoms with Crippen molar-refractivity contribution in [3.63, 3.8) is 0 Å². The molecule has 0 radical (unpaired) electrons. The highest BCUT2D eigenvalue weighted by molar-refractivity contribution is 6.16. The van der Waals surface area contributed by atoms with Crippen molar-refractivity contribution in [1.82, 2.24) is 10.6 Å².